The van der Waals surface area contributed by atoms with E-state index >= 15 is 0 Å². The van der Waals surface area contributed by atoms with Crippen molar-refractivity contribution in [3.05, 3.63) is 16.4 Å². The van der Waals surface area contributed by atoms with Gasteiger partial charge < -0.3 is 0 Å². The minimum Gasteiger partial charge on any atom is -0.271 e. The van der Waals surface area contributed by atoms with Crippen molar-refractivity contribution in [3.8, 4) is 0 Å². The van der Waals surface area contributed by atoms with Crippen molar-refractivity contribution in [1.29, 1.82) is 0 Å². The predicted molar refractivity (Wildman–Crippen MR) is 83.8 cm³/mol. The van der Waals surface area contributed by atoms with Gasteiger partial charge >= 0.3 is 0 Å². The highest BCUT2D eigenvalue weighted by Gasteiger charge is 2.66. The Morgan fingerprint density at radius 2 is 2.05 bits per heavy atom. The Balaban J connectivity index is 1.54. The molecular formula is C16H25ClN4. The fourth-order valence-electron chi connectivity index (χ4n) is 5.51. The summed E-state index contributed by atoms with van der Waals surface area (Å²) < 4.78 is 2.04. The molecule has 3 aliphatic carbocycles. The van der Waals surface area contributed by atoms with E-state index < -0.39 is 0 Å². The first-order valence-electron chi connectivity index (χ1n) is 8.33. The molecule has 3 aliphatic rings. The number of hydrogen-bond acceptors (Lipinski definition) is 3. The zero-order valence-electron chi connectivity index (χ0n) is 12.8. The lowest BCUT2D eigenvalue weighted by Gasteiger charge is -2.20. The van der Waals surface area contributed by atoms with Crippen LogP contribution in [0.5, 0.6) is 0 Å². The second-order valence-corrected chi connectivity index (χ2v) is 7.58. The van der Waals surface area contributed by atoms with Gasteiger partial charge in [-0.3, -0.25) is 16.0 Å². The number of fused-ring (bicyclic) bond motifs is 5. The highest BCUT2D eigenvalue weighted by atomic mass is 35.5. The van der Waals surface area contributed by atoms with E-state index in [-0.39, 0.29) is 0 Å². The maximum Gasteiger partial charge on any atom is 0.0847 e. The Hall–Kier alpha value is -0.580. The molecule has 0 aliphatic heterocycles. The molecule has 0 radical (unpaired) electrons. The van der Waals surface area contributed by atoms with Gasteiger partial charge in [0.15, 0.2) is 0 Å². The summed E-state index contributed by atoms with van der Waals surface area (Å²) >= 11 is 6.46. The number of rotatable bonds is 5. The molecule has 0 saturated heterocycles. The molecular weight excluding hydrogens is 284 g/mol. The Labute approximate surface area is 131 Å². The number of hydrazine groups is 1. The summed E-state index contributed by atoms with van der Waals surface area (Å²) in [7, 11) is 0. The standard InChI is InChI=1S/C16H25ClN4/c1-3-21-12(16(17)8(2)20-21)7-11(19-18)15-13-9-4-5-10(6-9)14(13)15/h9-11,13-15,19H,3-7,18H2,1-2H3. The molecule has 5 unspecified atom stereocenters. The number of nitrogens with one attached hydrogen (secondary N) is 1. The second-order valence-electron chi connectivity index (χ2n) is 7.20. The third-order valence-electron chi connectivity index (χ3n) is 6.34. The van der Waals surface area contributed by atoms with Gasteiger partial charge in [-0.1, -0.05) is 11.6 Å². The van der Waals surface area contributed by atoms with Gasteiger partial charge in [0, 0.05) is 19.0 Å². The molecule has 116 valence electrons. The molecule has 0 aromatic carbocycles. The maximum atomic E-state index is 6.46. The van der Waals surface area contributed by atoms with E-state index in [1.807, 2.05) is 11.6 Å². The Morgan fingerprint density at radius 3 is 2.62 bits per heavy atom. The van der Waals surface area contributed by atoms with Crippen LogP contribution in [0.2, 0.25) is 5.02 Å². The molecule has 4 nitrogen and oxygen atoms in total. The van der Waals surface area contributed by atoms with Crippen molar-refractivity contribution in [1.82, 2.24) is 15.2 Å². The number of aryl methyl sites for hydroxylation is 2. The summed E-state index contributed by atoms with van der Waals surface area (Å²) in [5.74, 6) is 10.5. The van der Waals surface area contributed by atoms with Crippen LogP contribution in [0.1, 0.15) is 37.6 Å². The molecule has 3 saturated carbocycles. The van der Waals surface area contributed by atoms with Gasteiger partial charge in [0.1, 0.15) is 0 Å². The van der Waals surface area contributed by atoms with Gasteiger partial charge in [-0.2, -0.15) is 5.10 Å². The van der Waals surface area contributed by atoms with Crippen LogP contribution in [0.3, 0.4) is 0 Å². The number of nitrogens with zero attached hydrogens (tertiary/aromatic N) is 2. The van der Waals surface area contributed by atoms with Crippen LogP contribution in [-0.4, -0.2) is 15.8 Å². The number of aromatic nitrogens is 2. The largest absolute Gasteiger partial charge is 0.271 e. The van der Waals surface area contributed by atoms with Crippen molar-refractivity contribution in [3.63, 3.8) is 0 Å². The molecule has 3 N–H and O–H groups in total. The van der Waals surface area contributed by atoms with Crippen molar-refractivity contribution < 1.29 is 0 Å². The fourth-order valence-corrected chi connectivity index (χ4v) is 5.72. The first kappa shape index (κ1) is 14.0. The zero-order valence-corrected chi connectivity index (χ0v) is 13.6. The van der Waals surface area contributed by atoms with Crippen molar-refractivity contribution in [2.45, 2.75) is 52.1 Å². The summed E-state index contributed by atoms with van der Waals surface area (Å²) in [6.45, 7) is 4.96. The lowest BCUT2D eigenvalue weighted by Crippen LogP contribution is -2.40. The highest BCUT2D eigenvalue weighted by Crippen LogP contribution is 2.70. The minimum absolute atomic E-state index is 0.349. The van der Waals surface area contributed by atoms with Crippen LogP contribution in [-0.2, 0) is 13.0 Å². The topological polar surface area (TPSA) is 55.9 Å². The van der Waals surface area contributed by atoms with E-state index in [1.165, 1.54) is 19.3 Å². The average Bonchev–Trinajstić information content (AvgIpc) is 2.80. The molecule has 1 aromatic heterocycles. The van der Waals surface area contributed by atoms with Crippen molar-refractivity contribution >= 4 is 11.6 Å². The van der Waals surface area contributed by atoms with Crippen molar-refractivity contribution in [2.75, 3.05) is 0 Å². The van der Waals surface area contributed by atoms with Crippen LogP contribution in [0.4, 0.5) is 0 Å². The number of hydrogen-bond donors (Lipinski definition) is 2. The van der Waals surface area contributed by atoms with Gasteiger partial charge in [-0.25, -0.2) is 0 Å². The van der Waals surface area contributed by atoms with E-state index in [2.05, 4.69) is 17.4 Å². The molecule has 0 amide bonds. The molecule has 3 fully saturated rings. The van der Waals surface area contributed by atoms with E-state index in [4.69, 9.17) is 17.4 Å². The third kappa shape index (κ3) is 1.99. The average molecular weight is 309 g/mol. The van der Waals surface area contributed by atoms with Crippen LogP contribution in [0, 0.1) is 36.5 Å². The summed E-state index contributed by atoms with van der Waals surface area (Å²) in [4.78, 5) is 0. The first-order valence-corrected chi connectivity index (χ1v) is 8.71. The van der Waals surface area contributed by atoms with E-state index in [0.717, 1.165) is 59.0 Å². The quantitative estimate of drug-likeness (QED) is 0.649. The van der Waals surface area contributed by atoms with Gasteiger partial charge in [0.05, 0.1) is 16.4 Å². The summed E-state index contributed by atoms with van der Waals surface area (Å²) in [6, 6.07) is 0.349. The minimum atomic E-state index is 0.349. The van der Waals surface area contributed by atoms with E-state index in [1.54, 1.807) is 0 Å². The fraction of sp³-hybridized carbons (Fsp3) is 0.812. The highest BCUT2D eigenvalue weighted by molar-refractivity contribution is 6.31. The van der Waals surface area contributed by atoms with Crippen LogP contribution in [0.25, 0.3) is 0 Å². The van der Waals surface area contributed by atoms with Crippen LogP contribution < -0.4 is 11.3 Å². The smallest absolute Gasteiger partial charge is 0.0847 e. The molecule has 2 bridgehead atoms. The number of nitrogens with two attached hydrogens (primary N) is 1. The maximum absolute atomic E-state index is 6.46. The molecule has 5 atom stereocenters. The van der Waals surface area contributed by atoms with E-state index in [9.17, 15) is 0 Å². The first-order chi connectivity index (χ1) is 10.2. The lowest BCUT2D eigenvalue weighted by atomic mass is 9.95. The number of halogens is 1. The van der Waals surface area contributed by atoms with Gasteiger partial charge in [-0.05, 0) is 62.7 Å². The van der Waals surface area contributed by atoms with Crippen LogP contribution in [0.15, 0.2) is 0 Å². The van der Waals surface area contributed by atoms with E-state index in [0.29, 0.717) is 6.04 Å². The Bertz CT molecular complexity index is 539. The molecule has 1 heterocycles. The molecule has 4 rings (SSSR count). The predicted octanol–water partition coefficient (Wildman–Crippen LogP) is 2.53. The zero-order chi connectivity index (χ0) is 14.7. The summed E-state index contributed by atoms with van der Waals surface area (Å²) in [5, 5.41) is 5.35. The van der Waals surface area contributed by atoms with Gasteiger partial charge in [0.25, 0.3) is 0 Å². The van der Waals surface area contributed by atoms with Crippen LogP contribution >= 0.6 is 11.6 Å². The molecule has 5 heteroatoms. The lowest BCUT2D eigenvalue weighted by molar-refractivity contribution is 0.359. The normalized spacial score (nSPS) is 37.8. The summed E-state index contributed by atoms with van der Waals surface area (Å²) in [6.07, 6.45) is 5.29. The monoisotopic (exact) mass is 308 g/mol. The molecule has 0 spiro atoms. The summed E-state index contributed by atoms with van der Waals surface area (Å²) in [5.41, 5.74) is 5.18. The van der Waals surface area contributed by atoms with Crippen molar-refractivity contribution in [2.24, 2.45) is 35.4 Å². The second kappa shape index (κ2) is 4.97. The molecule has 1 aromatic rings. The Morgan fingerprint density at radius 1 is 1.38 bits per heavy atom. The molecule has 21 heavy (non-hydrogen) atoms. The SMILES string of the molecule is CCn1nc(C)c(Cl)c1CC(NN)C1C2C3CCC(C3)C21. The van der Waals surface area contributed by atoms with Gasteiger partial charge in [-0.15, -0.1) is 0 Å². The Kier molecular flexibility index (Phi) is 3.32. The third-order valence-corrected chi connectivity index (χ3v) is 6.83. The van der Waals surface area contributed by atoms with Gasteiger partial charge in [0.2, 0.25) is 0 Å².